The fourth-order valence-electron chi connectivity index (χ4n) is 1.19. The van der Waals surface area contributed by atoms with Gasteiger partial charge < -0.3 is 13.6 Å². The van der Waals surface area contributed by atoms with Crippen LogP contribution in [0.2, 0.25) is 39.3 Å². The highest BCUT2D eigenvalue weighted by Gasteiger charge is 2.44. The van der Waals surface area contributed by atoms with E-state index in [9.17, 15) is 13.2 Å². The van der Waals surface area contributed by atoms with E-state index in [1.807, 2.05) is 6.92 Å². The van der Waals surface area contributed by atoms with E-state index in [-0.39, 0.29) is 6.10 Å². The molecular formula is C13H27F3O3Si2. The maximum atomic E-state index is 13.3. The van der Waals surface area contributed by atoms with Crippen LogP contribution in [-0.4, -0.2) is 28.9 Å². The second-order valence-corrected chi connectivity index (χ2v) is 15.7. The molecule has 0 N–H and O–H groups in total. The molecule has 0 aliphatic heterocycles. The Morgan fingerprint density at radius 3 is 1.67 bits per heavy atom. The van der Waals surface area contributed by atoms with Crippen LogP contribution < -0.4 is 0 Å². The predicted octanol–water partition coefficient (Wildman–Crippen LogP) is 5.24. The molecule has 0 saturated carbocycles. The maximum Gasteiger partial charge on any atom is 0.454 e. The van der Waals surface area contributed by atoms with E-state index in [1.54, 1.807) is 46.2 Å². The number of allylic oxidation sites excluding steroid dienone is 1. The van der Waals surface area contributed by atoms with Crippen molar-refractivity contribution >= 4 is 16.6 Å². The Balaban J connectivity index is 5.77. The average molecular weight is 345 g/mol. The van der Waals surface area contributed by atoms with Crippen molar-refractivity contribution < 1.29 is 26.8 Å². The molecule has 0 aromatic heterocycles. The van der Waals surface area contributed by atoms with Crippen molar-refractivity contribution in [2.45, 2.75) is 71.8 Å². The summed E-state index contributed by atoms with van der Waals surface area (Å²) in [6.45, 7) is 14.0. The minimum absolute atomic E-state index is 0.376. The maximum absolute atomic E-state index is 13.3. The molecule has 8 heteroatoms. The summed E-state index contributed by atoms with van der Waals surface area (Å²) in [5.74, 6) is -1.65. The normalized spacial score (nSPS) is 16.1. The van der Waals surface area contributed by atoms with Crippen LogP contribution in [0.1, 0.15) is 20.3 Å². The van der Waals surface area contributed by atoms with E-state index in [0.717, 1.165) is 0 Å². The summed E-state index contributed by atoms with van der Waals surface area (Å²) in [6.07, 6.45) is -4.43. The second-order valence-electron chi connectivity index (χ2n) is 6.88. The Morgan fingerprint density at radius 2 is 1.38 bits per heavy atom. The number of hydrogen-bond acceptors (Lipinski definition) is 3. The molecule has 0 aromatic carbocycles. The third kappa shape index (κ3) is 9.08. The number of hydrogen-bond donors (Lipinski definition) is 0. The molecule has 0 amide bonds. The largest absolute Gasteiger partial charge is 0.536 e. The quantitative estimate of drug-likeness (QED) is 0.467. The number of alkyl halides is 3. The van der Waals surface area contributed by atoms with Gasteiger partial charge in [0.25, 0.3) is 5.76 Å². The Morgan fingerprint density at radius 1 is 0.952 bits per heavy atom. The molecule has 0 aromatic rings. The van der Waals surface area contributed by atoms with Gasteiger partial charge in [-0.25, -0.2) is 0 Å². The van der Waals surface area contributed by atoms with Gasteiger partial charge in [-0.1, -0.05) is 6.92 Å². The number of halogens is 3. The van der Waals surface area contributed by atoms with Crippen molar-refractivity contribution in [3.05, 3.63) is 11.7 Å². The van der Waals surface area contributed by atoms with Gasteiger partial charge in [-0.05, 0) is 52.6 Å². The van der Waals surface area contributed by atoms with E-state index in [1.165, 1.54) is 0 Å². The summed E-state index contributed by atoms with van der Waals surface area (Å²) in [7, 11) is -4.72. The zero-order chi connectivity index (χ0) is 17.1. The van der Waals surface area contributed by atoms with E-state index in [0.29, 0.717) is 6.42 Å². The van der Waals surface area contributed by atoms with Crippen molar-refractivity contribution in [2.24, 2.45) is 0 Å². The lowest BCUT2D eigenvalue weighted by molar-refractivity contribution is -0.130. The van der Waals surface area contributed by atoms with Crippen LogP contribution in [0.4, 0.5) is 13.2 Å². The summed E-state index contributed by atoms with van der Waals surface area (Å²) in [5.41, 5.74) is 0. The van der Waals surface area contributed by atoms with Gasteiger partial charge >= 0.3 is 12.1 Å². The van der Waals surface area contributed by atoms with Crippen LogP contribution in [-0.2, 0) is 13.6 Å². The molecule has 0 heterocycles. The van der Waals surface area contributed by atoms with Gasteiger partial charge in [0.15, 0.2) is 0 Å². The van der Waals surface area contributed by atoms with Crippen molar-refractivity contribution in [2.75, 3.05) is 0 Å². The minimum Gasteiger partial charge on any atom is -0.536 e. The number of rotatable bonds is 7. The monoisotopic (exact) mass is 344 g/mol. The zero-order valence-corrected chi connectivity index (χ0v) is 16.1. The van der Waals surface area contributed by atoms with Gasteiger partial charge in [0.05, 0.1) is 6.10 Å². The predicted molar refractivity (Wildman–Crippen MR) is 82.8 cm³/mol. The molecule has 3 nitrogen and oxygen atoms in total. The van der Waals surface area contributed by atoms with Crippen LogP contribution in [0.3, 0.4) is 0 Å². The highest BCUT2D eigenvalue weighted by atomic mass is 28.4. The molecule has 126 valence electrons. The molecule has 0 aliphatic carbocycles. The first-order valence-electron chi connectivity index (χ1n) is 7.02. The molecule has 0 saturated heterocycles. The van der Waals surface area contributed by atoms with E-state index in [2.05, 4.69) is 0 Å². The topological polar surface area (TPSA) is 27.7 Å². The molecule has 1 atom stereocenters. The summed E-state index contributed by atoms with van der Waals surface area (Å²) >= 11 is 0. The van der Waals surface area contributed by atoms with Crippen molar-refractivity contribution in [3.63, 3.8) is 0 Å². The van der Waals surface area contributed by atoms with Crippen molar-refractivity contribution in [1.82, 2.24) is 0 Å². The summed E-state index contributed by atoms with van der Waals surface area (Å²) in [6, 6.07) is 0. The van der Waals surface area contributed by atoms with Crippen molar-refractivity contribution in [1.29, 1.82) is 0 Å². The smallest absolute Gasteiger partial charge is 0.454 e. The Labute approximate surface area is 127 Å². The highest BCUT2D eigenvalue weighted by molar-refractivity contribution is 6.70. The number of ether oxygens (including phenoxy) is 1. The van der Waals surface area contributed by atoms with Gasteiger partial charge in [0.1, 0.15) is 0 Å². The van der Waals surface area contributed by atoms with Crippen molar-refractivity contribution in [3.8, 4) is 0 Å². The van der Waals surface area contributed by atoms with Crippen LogP contribution in [0.15, 0.2) is 11.7 Å². The molecular weight excluding hydrogens is 317 g/mol. The fourth-order valence-corrected chi connectivity index (χ4v) is 2.70. The van der Waals surface area contributed by atoms with E-state index >= 15 is 0 Å². The first-order chi connectivity index (χ1) is 9.15. The molecule has 0 bridgehead atoms. The lowest BCUT2D eigenvalue weighted by atomic mass is 10.3. The lowest BCUT2D eigenvalue weighted by Crippen LogP contribution is -2.35. The second kappa shape index (κ2) is 7.08. The summed E-state index contributed by atoms with van der Waals surface area (Å²) < 4.78 is 56.1. The van der Waals surface area contributed by atoms with E-state index < -0.39 is 34.5 Å². The molecule has 0 spiro atoms. The lowest BCUT2D eigenvalue weighted by Gasteiger charge is -2.29. The molecule has 21 heavy (non-hydrogen) atoms. The first kappa shape index (κ1) is 20.4. The van der Waals surface area contributed by atoms with E-state index in [4.69, 9.17) is 13.6 Å². The molecule has 0 rings (SSSR count). The molecule has 0 radical (unpaired) electrons. The third-order valence-corrected chi connectivity index (χ3v) is 3.75. The summed E-state index contributed by atoms with van der Waals surface area (Å²) in [5, 5.41) is 0. The fraction of sp³-hybridized carbons (Fsp3) is 0.846. The summed E-state index contributed by atoms with van der Waals surface area (Å²) in [4.78, 5) is 0. The highest BCUT2D eigenvalue weighted by Crippen LogP contribution is 2.34. The standard InChI is InChI=1S/C13H27F3O3Si2/c1-9-10(2)17-12(19-21(6,7)8)11(13(14,15)16)18-20(3,4)5/h10H,9H2,1-8H3. The van der Waals surface area contributed by atoms with Crippen LogP contribution >= 0.6 is 0 Å². The van der Waals surface area contributed by atoms with Crippen LogP contribution in [0.25, 0.3) is 0 Å². The Kier molecular flexibility index (Phi) is 6.87. The average Bonchev–Trinajstić information content (AvgIpc) is 2.20. The SMILES string of the molecule is CCC(C)OC(O[Si](C)(C)C)=C(O[Si](C)(C)C)C(F)(F)F. The van der Waals surface area contributed by atoms with Crippen LogP contribution in [0.5, 0.6) is 0 Å². The van der Waals surface area contributed by atoms with Gasteiger partial charge in [-0.3, -0.25) is 0 Å². The molecule has 1 unspecified atom stereocenters. The Bertz CT molecular complexity index is 368. The molecule has 0 aliphatic rings. The third-order valence-electron chi connectivity index (χ3n) is 2.13. The molecule has 0 fully saturated rings. The van der Waals surface area contributed by atoms with Gasteiger partial charge in [-0.2, -0.15) is 13.2 Å². The Hall–Kier alpha value is -0.636. The van der Waals surface area contributed by atoms with Gasteiger partial charge in [-0.15, -0.1) is 0 Å². The van der Waals surface area contributed by atoms with Gasteiger partial charge in [0, 0.05) is 0 Å². The minimum atomic E-state index is -4.64. The first-order valence-corrected chi connectivity index (χ1v) is 13.8. The van der Waals surface area contributed by atoms with Gasteiger partial charge in [0.2, 0.25) is 16.6 Å². The van der Waals surface area contributed by atoms with Crippen LogP contribution in [0, 0.1) is 0 Å². The zero-order valence-electron chi connectivity index (χ0n) is 14.1.